The van der Waals surface area contributed by atoms with Crippen molar-refractivity contribution in [1.29, 1.82) is 0 Å². The molecule has 0 saturated carbocycles. The average Bonchev–Trinajstić information content (AvgIpc) is 2.88. The van der Waals surface area contributed by atoms with Gasteiger partial charge < -0.3 is 14.4 Å². The number of hydrogen-bond donors (Lipinski definition) is 2. The molecule has 0 atom stereocenters. The molecule has 0 spiro atoms. The number of amides is 2. The van der Waals surface area contributed by atoms with Crippen LogP contribution < -0.4 is 5.48 Å². The number of halogens is 2. The van der Waals surface area contributed by atoms with Crippen LogP contribution in [-0.4, -0.2) is 79.6 Å². The van der Waals surface area contributed by atoms with Gasteiger partial charge in [-0.15, -0.1) is 24.8 Å². The maximum atomic E-state index is 13.3. The number of nitrogens with zero attached hydrogens (tertiary/aromatic N) is 2. The highest BCUT2D eigenvalue weighted by Gasteiger charge is 2.52. The second-order valence-electron chi connectivity index (χ2n) is 7.91. The Hall–Kier alpha value is -2.28. The van der Waals surface area contributed by atoms with Gasteiger partial charge in [0.1, 0.15) is 0 Å². The summed E-state index contributed by atoms with van der Waals surface area (Å²) in [7, 11) is -4.14. The molecule has 2 amide bonds. The molecule has 0 bridgehead atoms. The molecule has 3 heterocycles. The zero-order chi connectivity index (χ0) is 23.5. The lowest BCUT2D eigenvalue weighted by Gasteiger charge is -2.34. The van der Waals surface area contributed by atoms with Crippen molar-refractivity contribution in [1.82, 2.24) is 15.4 Å². The maximum absolute atomic E-state index is 13.3. The van der Waals surface area contributed by atoms with Crippen molar-refractivity contribution in [2.45, 2.75) is 22.5 Å². The Morgan fingerprint density at radius 3 is 2.09 bits per heavy atom. The first-order valence-corrected chi connectivity index (χ1v) is 12.1. The van der Waals surface area contributed by atoms with Crippen molar-refractivity contribution >= 4 is 46.5 Å². The monoisotopic (exact) mass is 547 g/mol. The lowest BCUT2D eigenvalue weighted by Crippen LogP contribution is -2.54. The van der Waals surface area contributed by atoms with Crippen LogP contribution in [0.2, 0.25) is 0 Å². The van der Waals surface area contributed by atoms with E-state index in [1.54, 1.807) is 35.2 Å². The van der Waals surface area contributed by atoms with E-state index in [2.05, 4.69) is 4.98 Å². The average molecular weight is 548 g/mol. The van der Waals surface area contributed by atoms with E-state index in [-0.39, 0.29) is 61.7 Å². The Kier molecular flexibility index (Phi) is 10.0. The number of benzene rings is 1. The molecule has 192 valence electrons. The minimum Gasteiger partial charge on any atom is -0.381 e. The number of carbonyl (C=O) groups excluding carboxylic acids is 2. The van der Waals surface area contributed by atoms with Gasteiger partial charge in [-0.25, -0.2) is 13.9 Å². The maximum Gasteiger partial charge on any atom is 0.265 e. The van der Waals surface area contributed by atoms with Gasteiger partial charge in [0.2, 0.25) is 0 Å². The quantitative estimate of drug-likeness (QED) is 0.428. The largest absolute Gasteiger partial charge is 0.381 e. The van der Waals surface area contributed by atoms with Crippen molar-refractivity contribution in [3.63, 3.8) is 0 Å². The van der Waals surface area contributed by atoms with Crippen LogP contribution in [0.3, 0.4) is 0 Å². The second-order valence-corrected chi connectivity index (χ2v) is 10.2. The van der Waals surface area contributed by atoms with Crippen molar-refractivity contribution < 1.29 is 32.7 Å². The van der Waals surface area contributed by atoms with Gasteiger partial charge in [0, 0.05) is 43.6 Å². The summed E-state index contributed by atoms with van der Waals surface area (Å²) in [5.41, 5.74) is 3.28. The molecule has 0 unspecified atom stereocenters. The van der Waals surface area contributed by atoms with Crippen molar-refractivity contribution in [2.24, 2.45) is 0 Å². The topological polar surface area (TPSA) is 135 Å². The van der Waals surface area contributed by atoms with Crippen LogP contribution in [0.25, 0.3) is 11.3 Å². The van der Waals surface area contributed by atoms with Crippen LogP contribution in [0, 0.1) is 0 Å². The van der Waals surface area contributed by atoms with Crippen LogP contribution >= 0.6 is 24.8 Å². The number of hydrogen-bond acceptors (Lipinski definition) is 8. The molecule has 1 aromatic carbocycles. The molecular formula is C22H27Cl2N3O7S. The molecule has 10 nitrogen and oxygen atoms in total. The SMILES string of the molecule is Cl.Cl.O=C(c1ccc(-c2ccc(S(=O)(=O)C3(C(=O)NO)CCOCC3)cn2)cc1)N1CCOCC1. The van der Waals surface area contributed by atoms with Gasteiger partial charge in [0.15, 0.2) is 14.6 Å². The van der Waals surface area contributed by atoms with Gasteiger partial charge in [-0.2, -0.15) is 0 Å². The third-order valence-corrected chi connectivity index (χ3v) is 8.59. The molecule has 1 aromatic heterocycles. The second kappa shape index (κ2) is 12.1. The van der Waals surface area contributed by atoms with Crippen molar-refractivity contribution in [3.05, 3.63) is 48.2 Å². The van der Waals surface area contributed by atoms with E-state index in [0.29, 0.717) is 43.1 Å². The summed E-state index contributed by atoms with van der Waals surface area (Å²) >= 11 is 0. The molecule has 13 heteroatoms. The number of hydroxylamine groups is 1. The summed E-state index contributed by atoms with van der Waals surface area (Å²) in [6.07, 6.45) is 1.07. The number of sulfone groups is 1. The smallest absolute Gasteiger partial charge is 0.265 e. The Labute approximate surface area is 215 Å². The van der Waals surface area contributed by atoms with Crippen molar-refractivity contribution in [3.8, 4) is 11.3 Å². The number of aromatic nitrogens is 1. The van der Waals surface area contributed by atoms with Gasteiger partial charge in [-0.3, -0.25) is 19.8 Å². The highest BCUT2D eigenvalue weighted by atomic mass is 35.5. The number of morpholine rings is 1. The molecular weight excluding hydrogens is 521 g/mol. The first kappa shape index (κ1) is 29.0. The third kappa shape index (κ3) is 5.60. The zero-order valence-electron chi connectivity index (χ0n) is 18.7. The summed E-state index contributed by atoms with van der Waals surface area (Å²) in [6, 6.07) is 9.87. The molecule has 0 radical (unpaired) electrons. The van der Waals surface area contributed by atoms with Gasteiger partial charge >= 0.3 is 0 Å². The van der Waals surface area contributed by atoms with Crippen LogP contribution in [0.15, 0.2) is 47.5 Å². The van der Waals surface area contributed by atoms with E-state index < -0.39 is 20.5 Å². The first-order chi connectivity index (χ1) is 15.9. The number of carbonyl (C=O) groups is 2. The predicted octanol–water partition coefficient (Wildman–Crippen LogP) is 1.89. The molecule has 35 heavy (non-hydrogen) atoms. The van der Waals surface area contributed by atoms with Crippen LogP contribution in [0.4, 0.5) is 0 Å². The molecule has 2 aliphatic rings. The summed E-state index contributed by atoms with van der Waals surface area (Å²) < 4.78 is 35.3. The molecule has 2 saturated heterocycles. The minimum atomic E-state index is -4.14. The van der Waals surface area contributed by atoms with E-state index in [1.165, 1.54) is 17.7 Å². The number of ether oxygens (including phenoxy) is 2. The number of pyridine rings is 1. The van der Waals surface area contributed by atoms with E-state index in [9.17, 15) is 18.0 Å². The zero-order valence-corrected chi connectivity index (χ0v) is 21.2. The van der Waals surface area contributed by atoms with Crippen LogP contribution in [-0.2, 0) is 24.1 Å². The standard InChI is InChI=1S/C22H25N3O7S.2ClH/c26-20(25-9-13-32-14-10-25)17-3-1-16(2-4-17)19-6-5-18(15-23-19)33(29,30)22(21(27)24-28)7-11-31-12-8-22;;/h1-6,15,28H,7-14H2,(H,24,27);2*1H. The highest BCUT2D eigenvalue weighted by molar-refractivity contribution is 7.93. The summed E-state index contributed by atoms with van der Waals surface area (Å²) in [5.74, 6) is -1.04. The van der Waals surface area contributed by atoms with Crippen LogP contribution in [0.5, 0.6) is 0 Å². The van der Waals surface area contributed by atoms with Gasteiger partial charge in [-0.1, -0.05) is 12.1 Å². The fourth-order valence-corrected chi connectivity index (χ4v) is 5.97. The predicted molar refractivity (Wildman–Crippen MR) is 131 cm³/mol. The highest BCUT2D eigenvalue weighted by Crippen LogP contribution is 2.35. The normalized spacial score (nSPS) is 17.5. The Morgan fingerprint density at radius 1 is 0.943 bits per heavy atom. The van der Waals surface area contributed by atoms with Gasteiger partial charge in [-0.05, 0) is 37.1 Å². The summed E-state index contributed by atoms with van der Waals surface area (Å²) in [6.45, 7) is 2.34. The molecule has 4 rings (SSSR count). The Bertz CT molecular complexity index is 1120. The molecule has 2 aliphatic heterocycles. The third-order valence-electron chi connectivity index (χ3n) is 6.10. The van der Waals surface area contributed by atoms with E-state index in [1.807, 2.05) is 0 Å². The summed E-state index contributed by atoms with van der Waals surface area (Å²) in [4.78, 5) is 30.8. The van der Waals surface area contributed by atoms with Gasteiger partial charge in [0.25, 0.3) is 11.8 Å². The molecule has 2 aromatic rings. The Balaban J connectivity index is 0.00000216. The first-order valence-electron chi connectivity index (χ1n) is 10.6. The lowest BCUT2D eigenvalue weighted by molar-refractivity contribution is -0.134. The van der Waals surface area contributed by atoms with E-state index in [0.717, 1.165) is 0 Å². The Morgan fingerprint density at radius 2 is 1.54 bits per heavy atom. The molecule has 0 aliphatic carbocycles. The minimum absolute atomic E-state index is 0. The van der Waals surface area contributed by atoms with E-state index >= 15 is 0 Å². The number of rotatable bonds is 5. The molecule has 2 N–H and O–H groups in total. The fourth-order valence-electron chi connectivity index (χ4n) is 4.09. The number of nitrogens with one attached hydrogen (secondary N) is 1. The van der Waals surface area contributed by atoms with Gasteiger partial charge in [0.05, 0.1) is 23.8 Å². The lowest BCUT2D eigenvalue weighted by atomic mass is 9.98. The van der Waals surface area contributed by atoms with Crippen molar-refractivity contribution in [2.75, 3.05) is 39.5 Å². The fraction of sp³-hybridized carbons (Fsp3) is 0.409. The summed E-state index contributed by atoms with van der Waals surface area (Å²) in [5, 5.41) is 9.15. The van der Waals surface area contributed by atoms with Crippen LogP contribution in [0.1, 0.15) is 23.2 Å². The molecule has 2 fully saturated rings. The van der Waals surface area contributed by atoms with E-state index in [4.69, 9.17) is 14.7 Å².